The van der Waals surface area contributed by atoms with Crippen LogP contribution in [0.5, 0.6) is 0 Å². The molecule has 39 heavy (non-hydrogen) atoms. The Bertz CT molecular complexity index is 1460. The summed E-state index contributed by atoms with van der Waals surface area (Å²) in [5.41, 5.74) is 1.41. The minimum atomic E-state index is -3.97. The molecule has 0 unspecified atom stereocenters. The van der Waals surface area contributed by atoms with Crippen molar-refractivity contribution in [2.45, 2.75) is 24.7 Å². The van der Waals surface area contributed by atoms with Crippen molar-refractivity contribution in [2.75, 3.05) is 44.2 Å². The number of carbonyl (C=O) groups is 1. The average Bonchev–Trinajstić information content (AvgIpc) is 3.33. The fourth-order valence-corrected chi connectivity index (χ4v) is 6.87. The van der Waals surface area contributed by atoms with Crippen LogP contribution in [0.4, 0.5) is 14.5 Å². The van der Waals surface area contributed by atoms with Gasteiger partial charge in [0.15, 0.2) is 10.7 Å². The summed E-state index contributed by atoms with van der Waals surface area (Å²) in [5.74, 6) is -1.68. The van der Waals surface area contributed by atoms with Crippen molar-refractivity contribution < 1.29 is 26.5 Å². The standard InChI is InChI=1S/C28H30F2N4O4S/c1-20-27(26(38-31-20)10-8-21-7-9-23(29)19-25(21)30)39(36,37)34-13-11-22(12-14-34)28(35)33-17-15-32(16-18-33)24-5-3-2-4-6-24/h2-10,19,22H,11-18H2,1H3/b10-8+. The normalized spacial score (nSPS) is 17.7. The van der Waals surface area contributed by atoms with Gasteiger partial charge in [0.2, 0.25) is 15.9 Å². The third-order valence-corrected chi connectivity index (χ3v) is 9.38. The molecule has 0 atom stereocenters. The molecule has 2 aromatic carbocycles. The van der Waals surface area contributed by atoms with Crippen molar-refractivity contribution in [2.24, 2.45) is 5.92 Å². The van der Waals surface area contributed by atoms with Gasteiger partial charge in [-0.05, 0) is 56.2 Å². The largest absolute Gasteiger partial charge is 0.368 e. The number of piperidine rings is 1. The molecule has 2 saturated heterocycles. The molecule has 2 fully saturated rings. The van der Waals surface area contributed by atoms with Gasteiger partial charge in [0.1, 0.15) is 17.3 Å². The Morgan fingerprint density at radius 3 is 2.33 bits per heavy atom. The molecule has 3 heterocycles. The van der Waals surface area contributed by atoms with Gasteiger partial charge in [-0.1, -0.05) is 23.4 Å². The predicted octanol–water partition coefficient (Wildman–Crippen LogP) is 4.18. The van der Waals surface area contributed by atoms with E-state index >= 15 is 0 Å². The molecule has 0 radical (unpaired) electrons. The predicted molar refractivity (Wildman–Crippen MR) is 143 cm³/mol. The zero-order chi connectivity index (χ0) is 27.6. The highest BCUT2D eigenvalue weighted by molar-refractivity contribution is 7.89. The molecule has 2 aliphatic heterocycles. The highest BCUT2D eigenvalue weighted by atomic mass is 32.2. The summed E-state index contributed by atoms with van der Waals surface area (Å²) < 4.78 is 60.9. The van der Waals surface area contributed by atoms with E-state index in [1.165, 1.54) is 29.4 Å². The maximum Gasteiger partial charge on any atom is 0.248 e. The Labute approximate surface area is 226 Å². The van der Waals surface area contributed by atoms with E-state index in [1.54, 1.807) is 0 Å². The van der Waals surface area contributed by atoms with Crippen LogP contribution in [0.1, 0.15) is 29.9 Å². The number of hydrogen-bond acceptors (Lipinski definition) is 6. The second-order valence-corrected chi connectivity index (χ2v) is 11.7. The summed E-state index contributed by atoms with van der Waals surface area (Å²) in [6.45, 7) is 4.71. The van der Waals surface area contributed by atoms with Gasteiger partial charge in [0.25, 0.3) is 0 Å². The lowest BCUT2D eigenvalue weighted by atomic mass is 9.96. The molecule has 0 saturated carbocycles. The van der Waals surface area contributed by atoms with E-state index in [-0.39, 0.29) is 46.8 Å². The van der Waals surface area contributed by atoms with Gasteiger partial charge in [0, 0.05) is 62.5 Å². The number of rotatable bonds is 6. The Hall–Kier alpha value is -3.57. The highest BCUT2D eigenvalue weighted by Crippen LogP contribution is 2.30. The first-order chi connectivity index (χ1) is 18.7. The minimum Gasteiger partial charge on any atom is -0.368 e. The van der Waals surface area contributed by atoms with Crippen LogP contribution in [-0.2, 0) is 14.8 Å². The lowest BCUT2D eigenvalue weighted by Gasteiger charge is -2.39. The van der Waals surface area contributed by atoms with Crippen LogP contribution in [0, 0.1) is 24.5 Å². The maximum absolute atomic E-state index is 14.0. The Morgan fingerprint density at radius 1 is 0.974 bits per heavy atom. The molecular formula is C28H30F2N4O4S. The van der Waals surface area contributed by atoms with Gasteiger partial charge in [-0.3, -0.25) is 4.79 Å². The number of anilines is 1. The fourth-order valence-electron chi connectivity index (χ4n) is 5.16. The number of hydrogen-bond donors (Lipinski definition) is 0. The van der Waals surface area contributed by atoms with Crippen molar-refractivity contribution in [1.82, 2.24) is 14.4 Å². The SMILES string of the molecule is Cc1noc(/C=C/c2ccc(F)cc2F)c1S(=O)(=O)N1CCC(C(=O)N2CCN(c3ccccc3)CC2)CC1. The van der Waals surface area contributed by atoms with Crippen molar-refractivity contribution >= 4 is 33.8 Å². The quantitative estimate of drug-likeness (QED) is 0.453. The molecule has 1 aromatic heterocycles. The fraction of sp³-hybridized carbons (Fsp3) is 0.357. The van der Waals surface area contributed by atoms with E-state index < -0.39 is 21.7 Å². The first kappa shape index (κ1) is 27.0. The van der Waals surface area contributed by atoms with Crippen LogP contribution in [0.25, 0.3) is 12.2 Å². The van der Waals surface area contributed by atoms with Gasteiger partial charge in [0.05, 0.1) is 0 Å². The molecule has 0 spiro atoms. The lowest BCUT2D eigenvalue weighted by Crippen LogP contribution is -2.52. The summed E-state index contributed by atoms with van der Waals surface area (Å²) in [7, 11) is -3.97. The second kappa shape index (κ2) is 11.3. The van der Waals surface area contributed by atoms with Gasteiger partial charge >= 0.3 is 0 Å². The van der Waals surface area contributed by atoms with Crippen LogP contribution < -0.4 is 4.90 Å². The van der Waals surface area contributed by atoms with Crippen molar-refractivity contribution in [3.63, 3.8) is 0 Å². The zero-order valence-electron chi connectivity index (χ0n) is 21.6. The zero-order valence-corrected chi connectivity index (χ0v) is 22.4. The van der Waals surface area contributed by atoms with Gasteiger partial charge in [-0.25, -0.2) is 17.2 Å². The summed E-state index contributed by atoms with van der Waals surface area (Å²) in [6.07, 6.45) is 3.48. The van der Waals surface area contributed by atoms with Crippen LogP contribution >= 0.6 is 0 Å². The van der Waals surface area contributed by atoms with Crippen LogP contribution in [0.2, 0.25) is 0 Å². The summed E-state index contributed by atoms with van der Waals surface area (Å²) in [6, 6.07) is 13.2. The van der Waals surface area contributed by atoms with Crippen LogP contribution in [0.15, 0.2) is 57.9 Å². The van der Waals surface area contributed by atoms with E-state index in [0.29, 0.717) is 25.9 Å². The number of aromatic nitrogens is 1. The minimum absolute atomic E-state index is 0.0364. The Morgan fingerprint density at radius 2 is 1.67 bits per heavy atom. The lowest BCUT2D eigenvalue weighted by molar-refractivity contribution is -0.137. The number of benzene rings is 2. The average molecular weight is 557 g/mol. The van der Waals surface area contributed by atoms with Crippen molar-refractivity contribution in [1.29, 1.82) is 0 Å². The number of nitrogens with zero attached hydrogens (tertiary/aromatic N) is 4. The number of para-hydroxylation sites is 1. The van der Waals surface area contributed by atoms with Crippen LogP contribution in [0.3, 0.4) is 0 Å². The van der Waals surface area contributed by atoms with Crippen LogP contribution in [-0.4, -0.2) is 68.0 Å². The highest BCUT2D eigenvalue weighted by Gasteiger charge is 2.37. The molecule has 0 bridgehead atoms. The van der Waals surface area contributed by atoms with Crippen molar-refractivity contribution in [3.05, 3.63) is 77.2 Å². The second-order valence-electron chi connectivity index (χ2n) is 9.79. The molecule has 2 aliphatic rings. The first-order valence-corrected chi connectivity index (χ1v) is 14.4. The molecular weight excluding hydrogens is 526 g/mol. The van der Waals surface area contributed by atoms with Gasteiger partial charge < -0.3 is 14.3 Å². The van der Waals surface area contributed by atoms with E-state index in [1.807, 2.05) is 23.1 Å². The number of sulfonamides is 1. The monoisotopic (exact) mass is 556 g/mol. The van der Waals surface area contributed by atoms with Gasteiger partial charge in [-0.2, -0.15) is 4.31 Å². The molecule has 8 nitrogen and oxygen atoms in total. The van der Waals surface area contributed by atoms with E-state index in [9.17, 15) is 22.0 Å². The number of aryl methyl sites for hydroxylation is 1. The number of amides is 1. The third kappa shape index (κ3) is 5.74. The topological polar surface area (TPSA) is 87.0 Å². The molecule has 1 amide bonds. The van der Waals surface area contributed by atoms with E-state index in [4.69, 9.17) is 4.52 Å². The molecule has 206 valence electrons. The number of piperazine rings is 1. The number of halogens is 2. The smallest absolute Gasteiger partial charge is 0.248 e. The number of carbonyl (C=O) groups excluding carboxylic acids is 1. The van der Waals surface area contributed by atoms with Crippen molar-refractivity contribution in [3.8, 4) is 0 Å². The van der Waals surface area contributed by atoms with Gasteiger partial charge in [-0.15, -0.1) is 0 Å². The summed E-state index contributed by atoms with van der Waals surface area (Å²) in [5, 5.41) is 3.81. The molecule has 0 aliphatic carbocycles. The Balaban J connectivity index is 1.21. The molecule has 5 rings (SSSR count). The summed E-state index contributed by atoms with van der Waals surface area (Å²) in [4.78, 5) is 17.3. The van der Waals surface area contributed by atoms with E-state index in [0.717, 1.165) is 30.9 Å². The maximum atomic E-state index is 14.0. The first-order valence-electron chi connectivity index (χ1n) is 12.9. The van der Waals surface area contributed by atoms with E-state index in [2.05, 4.69) is 22.2 Å². The Kier molecular flexibility index (Phi) is 7.81. The molecule has 3 aromatic rings. The third-order valence-electron chi connectivity index (χ3n) is 7.32. The summed E-state index contributed by atoms with van der Waals surface area (Å²) >= 11 is 0. The molecule has 11 heteroatoms. The molecule has 0 N–H and O–H groups in total.